The van der Waals surface area contributed by atoms with Crippen molar-refractivity contribution >= 4 is 0 Å². The third-order valence-electron chi connectivity index (χ3n) is 6.23. The molecule has 0 N–H and O–H groups in total. The van der Waals surface area contributed by atoms with Crippen LogP contribution in [0.15, 0.2) is 36.5 Å². The molecule has 2 atom stereocenters. The van der Waals surface area contributed by atoms with Crippen LogP contribution in [-0.2, 0) is 24.4 Å². The van der Waals surface area contributed by atoms with Gasteiger partial charge in [-0.2, -0.15) is 5.10 Å². The highest BCUT2D eigenvalue weighted by molar-refractivity contribution is 5.17. The van der Waals surface area contributed by atoms with E-state index >= 15 is 0 Å². The molecule has 4 rings (SSSR count). The number of fused-ring (bicyclic) bond motifs is 1. The second-order valence-electron chi connectivity index (χ2n) is 7.95. The molecule has 2 aliphatic heterocycles. The van der Waals surface area contributed by atoms with Gasteiger partial charge < -0.3 is 4.74 Å². The predicted molar refractivity (Wildman–Crippen MR) is 107 cm³/mol. The molecule has 1 aromatic heterocycles. The van der Waals surface area contributed by atoms with Crippen LogP contribution >= 0.6 is 0 Å². The molecule has 0 spiro atoms. The highest BCUT2D eigenvalue weighted by Crippen LogP contribution is 2.27. The number of benzene rings is 1. The molecule has 2 saturated heterocycles. The van der Waals surface area contributed by atoms with Gasteiger partial charge in [-0.3, -0.25) is 14.5 Å². The lowest BCUT2D eigenvalue weighted by Gasteiger charge is -2.42. The fourth-order valence-corrected chi connectivity index (χ4v) is 4.68. The first kappa shape index (κ1) is 18.7. The molecule has 146 valence electrons. The Morgan fingerprint density at radius 1 is 1.15 bits per heavy atom. The number of hydrogen-bond acceptors (Lipinski definition) is 4. The van der Waals surface area contributed by atoms with Gasteiger partial charge in [0.15, 0.2) is 0 Å². The van der Waals surface area contributed by atoms with Gasteiger partial charge in [0.05, 0.1) is 19.4 Å². The molecule has 0 aliphatic carbocycles. The first-order valence-corrected chi connectivity index (χ1v) is 10.3. The molecule has 0 amide bonds. The Morgan fingerprint density at radius 3 is 2.78 bits per heavy atom. The number of likely N-dealkylation sites (tertiary alicyclic amines) is 1. The summed E-state index contributed by atoms with van der Waals surface area (Å²) in [4.78, 5) is 5.26. The Kier molecular flexibility index (Phi) is 5.91. The molecule has 27 heavy (non-hydrogen) atoms. The highest BCUT2D eigenvalue weighted by Gasteiger charge is 2.35. The standard InChI is InChI=1S/C22H32N4O/c1-3-26-18(2)20(13-23-26)15-24-10-9-22-21(16-24)17-27-12-11-25(22)14-19-7-5-4-6-8-19/h4-8,13,21-22H,3,9-12,14-17H2,1-2H3/t21-,22-/m1/s1. The summed E-state index contributed by atoms with van der Waals surface area (Å²) in [5, 5.41) is 4.51. The number of rotatable bonds is 5. The Balaban J connectivity index is 1.41. The van der Waals surface area contributed by atoms with Crippen molar-refractivity contribution in [2.24, 2.45) is 5.92 Å². The summed E-state index contributed by atoms with van der Waals surface area (Å²) in [6.45, 7) is 12.4. The topological polar surface area (TPSA) is 33.5 Å². The van der Waals surface area contributed by atoms with Crippen LogP contribution in [-0.4, -0.2) is 58.5 Å². The summed E-state index contributed by atoms with van der Waals surface area (Å²) in [5.41, 5.74) is 4.08. The average Bonchev–Trinajstić information content (AvgIpc) is 2.92. The van der Waals surface area contributed by atoms with E-state index < -0.39 is 0 Å². The number of piperidine rings is 1. The fraction of sp³-hybridized carbons (Fsp3) is 0.591. The van der Waals surface area contributed by atoms with Gasteiger partial charge in [0, 0.05) is 62.5 Å². The monoisotopic (exact) mass is 368 g/mol. The van der Waals surface area contributed by atoms with Crippen molar-refractivity contribution in [3.63, 3.8) is 0 Å². The first-order chi connectivity index (χ1) is 13.2. The SMILES string of the molecule is CCn1ncc(CN2CC[C@@H]3[C@@H](COCCN3Cc3ccccc3)C2)c1C. The minimum absolute atomic E-state index is 0.589. The van der Waals surface area contributed by atoms with E-state index in [0.29, 0.717) is 12.0 Å². The van der Waals surface area contributed by atoms with E-state index in [9.17, 15) is 0 Å². The van der Waals surface area contributed by atoms with Crippen molar-refractivity contribution in [2.75, 3.05) is 32.8 Å². The van der Waals surface area contributed by atoms with Crippen molar-refractivity contribution in [1.82, 2.24) is 19.6 Å². The second-order valence-corrected chi connectivity index (χ2v) is 7.95. The van der Waals surface area contributed by atoms with Crippen LogP contribution in [0.4, 0.5) is 0 Å². The van der Waals surface area contributed by atoms with Crippen LogP contribution in [0.5, 0.6) is 0 Å². The van der Waals surface area contributed by atoms with Gasteiger partial charge in [0.1, 0.15) is 0 Å². The van der Waals surface area contributed by atoms with Gasteiger partial charge in [-0.25, -0.2) is 0 Å². The van der Waals surface area contributed by atoms with Gasteiger partial charge in [0.25, 0.3) is 0 Å². The molecule has 5 nitrogen and oxygen atoms in total. The van der Waals surface area contributed by atoms with Gasteiger partial charge in [0.2, 0.25) is 0 Å². The largest absolute Gasteiger partial charge is 0.380 e. The molecule has 0 unspecified atom stereocenters. The maximum atomic E-state index is 5.99. The molecule has 2 fully saturated rings. The molecule has 0 radical (unpaired) electrons. The maximum Gasteiger partial charge on any atom is 0.0593 e. The van der Waals surface area contributed by atoms with Crippen molar-refractivity contribution in [3.05, 3.63) is 53.3 Å². The van der Waals surface area contributed by atoms with Crippen molar-refractivity contribution in [3.8, 4) is 0 Å². The van der Waals surface area contributed by atoms with Crippen LogP contribution in [0, 0.1) is 12.8 Å². The van der Waals surface area contributed by atoms with Crippen molar-refractivity contribution in [1.29, 1.82) is 0 Å². The zero-order valence-corrected chi connectivity index (χ0v) is 16.7. The number of nitrogens with zero attached hydrogens (tertiary/aromatic N) is 4. The summed E-state index contributed by atoms with van der Waals surface area (Å²) in [5.74, 6) is 0.589. The van der Waals surface area contributed by atoms with Crippen LogP contribution in [0.1, 0.15) is 30.2 Å². The van der Waals surface area contributed by atoms with Crippen LogP contribution in [0.2, 0.25) is 0 Å². The Bertz CT molecular complexity index is 729. The van der Waals surface area contributed by atoms with Crippen LogP contribution in [0.25, 0.3) is 0 Å². The highest BCUT2D eigenvalue weighted by atomic mass is 16.5. The zero-order chi connectivity index (χ0) is 18.6. The normalized spacial score (nSPS) is 24.5. The fourth-order valence-electron chi connectivity index (χ4n) is 4.68. The third kappa shape index (κ3) is 4.26. The Labute approximate surface area is 162 Å². The minimum atomic E-state index is 0.589. The summed E-state index contributed by atoms with van der Waals surface area (Å²) in [6.07, 6.45) is 3.28. The minimum Gasteiger partial charge on any atom is -0.380 e. The van der Waals surface area contributed by atoms with E-state index in [-0.39, 0.29) is 0 Å². The summed E-state index contributed by atoms with van der Waals surface area (Å²) in [6, 6.07) is 11.5. The summed E-state index contributed by atoms with van der Waals surface area (Å²) >= 11 is 0. The van der Waals surface area contributed by atoms with Crippen molar-refractivity contribution in [2.45, 2.75) is 45.9 Å². The van der Waals surface area contributed by atoms with E-state index in [0.717, 1.165) is 52.5 Å². The maximum absolute atomic E-state index is 5.99. The van der Waals surface area contributed by atoms with Gasteiger partial charge >= 0.3 is 0 Å². The van der Waals surface area contributed by atoms with E-state index in [4.69, 9.17) is 4.74 Å². The molecule has 5 heteroatoms. The lowest BCUT2D eigenvalue weighted by Crippen LogP contribution is -2.50. The van der Waals surface area contributed by atoms with Gasteiger partial charge in [-0.1, -0.05) is 30.3 Å². The quantitative estimate of drug-likeness (QED) is 0.813. The van der Waals surface area contributed by atoms with Crippen LogP contribution < -0.4 is 0 Å². The molecule has 1 aromatic carbocycles. The van der Waals surface area contributed by atoms with E-state index in [2.05, 4.69) is 70.0 Å². The first-order valence-electron chi connectivity index (χ1n) is 10.3. The van der Waals surface area contributed by atoms with E-state index in [1.165, 1.54) is 23.2 Å². The number of aryl methyl sites for hydroxylation is 1. The van der Waals surface area contributed by atoms with Crippen LogP contribution in [0.3, 0.4) is 0 Å². The van der Waals surface area contributed by atoms with Gasteiger partial charge in [-0.15, -0.1) is 0 Å². The molecule has 2 aromatic rings. The van der Waals surface area contributed by atoms with E-state index in [1.54, 1.807) is 0 Å². The third-order valence-corrected chi connectivity index (χ3v) is 6.23. The number of ether oxygens (including phenoxy) is 1. The van der Waals surface area contributed by atoms with Gasteiger partial charge in [-0.05, 0) is 25.8 Å². The number of hydrogen-bond donors (Lipinski definition) is 0. The Morgan fingerprint density at radius 2 is 2.00 bits per heavy atom. The molecular formula is C22H32N4O. The molecule has 0 saturated carbocycles. The molecular weight excluding hydrogens is 336 g/mol. The zero-order valence-electron chi connectivity index (χ0n) is 16.7. The number of aromatic nitrogens is 2. The lowest BCUT2D eigenvalue weighted by atomic mass is 9.91. The Hall–Kier alpha value is -1.69. The molecule has 2 aliphatic rings. The van der Waals surface area contributed by atoms with Crippen molar-refractivity contribution < 1.29 is 4.74 Å². The average molecular weight is 369 g/mol. The summed E-state index contributed by atoms with van der Waals surface area (Å²) in [7, 11) is 0. The smallest absolute Gasteiger partial charge is 0.0593 e. The second kappa shape index (κ2) is 8.55. The summed E-state index contributed by atoms with van der Waals surface area (Å²) < 4.78 is 8.09. The van der Waals surface area contributed by atoms with E-state index in [1.807, 2.05) is 0 Å². The molecule has 3 heterocycles. The lowest BCUT2D eigenvalue weighted by molar-refractivity contribution is 0.0438. The predicted octanol–water partition coefficient (Wildman–Crippen LogP) is 2.93. The molecule has 0 bridgehead atoms.